The zero-order chi connectivity index (χ0) is 12.0. The van der Waals surface area contributed by atoms with Crippen LogP contribution in [0.1, 0.15) is 31.7 Å². The molecule has 88 valence electrons. The van der Waals surface area contributed by atoms with Gasteiger partial charge in [-0.1, -0.05) is 30.3 Å². The Morgan fingerprint density at radius 2 is 1.94 bits per heavy atom. The van der Waals surface area contributed by atoms with Crippen LogP contribution in [0.3, 0.4) is 0 Å². The summed E-state index contributed by atoms with van der Waals surface area (Å²) in [6.07, 6.45) is 0.278. The lowest BCUT2D eigenvalue weighted by molar-refractivity contribution is -0.147. The number of rotatable bonds is 5. The number of esters is 1. The summed E-state index contributed by atoms with van der Waals surface area (Å²) in [4.78, 5) is 11.5. The molecule has 3 nitrogen and oxygen atoms in total. The molecule has 0 aliphatic carbocycles. The molecule has 2 N–H and O–H groups in total. The fourth-order valence-electron chi connectivity index (χ4n) is 1.57. The van der Waals surface area contributed by atoms with Crippen molar-refractivity contribution in [2.24, 2.45) is 5.73 Å². The van der Waals surface area contributed by atoms with Gasteiger partial charge >= 0.3 is 5.97 Å². The van der Waals surface area contributed by atoms with Crippen molar-refractivity contribution in [1.29, 1.82) is 0 Å². The standard InChI is InChI=1S/C13H19NO2/c1-10(2)16-13(15)8-12(9-14)11-6-4-3-5-7-11/h3-7,10,12H,8-9,14H2,1-2H3. The maximum Gasteiger partial charge on any atom is 0.306 e. The minimum absolute atomic E-state index is 0.0486. The molecule has 0 bridgehead atoms. The summed E-state index contributed by atoms with van der Waals surface area (Å²) in [7, 11) is 0. The van der Waals surface area contributed by atoms with Gasteiger partial charge in [-0.15, -0.1) is 0 Å². The molecule has 0 fully saturated rings. The fraction of sp³-hybridized carbons (Fsp3) is 0.462. The van der Waals surface area contributed by atoms with Crippen molar-refractivity contribution >= 4 is 5.97 Å². The van der Waals surface area contributed by atoms with E-state index < -0.39 is 0 Å². The molecule has 1 atom stereocenters. The average molecular weight is 221 g/mol. The summed E-state index contributed by atoms with van der Waals surface area (Å²) in [6, 6.07) is 9.82. The molecule has 0 aliphatic rings. The minimum Gasteiger partial charge on any atom is -0.463 e. The summed E-state index contributed by atoms with van der Waals surface area (Å²) in [5.41, 5.74) is 6.76. The zero-order valence-electron chi connectivity index (χ0n) is 9.85. The summed E-state index contributed by atoms with van der Waals surface area (Å²) >= 11 is 0. The molecule has 0 amide bonds. The number of carbonyl (C=O) groups is 1. The van der Waals surface area contributed by atoms with Gasteiger partial charge in [0.05, 0.1) is 12.5 Å². The van der Waals surface area contributed by atoms with E-state index in [-0.39, 0.29) is 18.0 Å². The molecule has 16 heavy (non-hydrogen) atoms. The third-order valence-corrected chi connectivity index (χ3v) is 2.34. The lowest BCUT2D eigenvalue weighted by atomic mass is 9.96. The van der Waals surface area contributed by atoms with Gasteiger partial charge in [0.25, 0.3) is 0 Å². The Kier molecular flexibility index (Phi) is 4.99. The van der Waals surface area contributed by atoms with E-state index in [1.165, 1.54) is 0 Å². The number of nitrogens with two attached hydrogens (primary N) is 1. The number of hydrogen-bond donors (Lipinski definition) is 1. The van der Waals surface area contributed by atoms with Gasteiger partial charge in [-0.25, -0.2) is 0 Å². The molecule has 0 aliphatic heterocycles. The van der Waals surface area contributed by atoms with Gasteiger partial charge in [-0.3, -0.25) is 4.79 Å². The van der Waals surface area contributed by atoms with Crippen LogP contribution in [0.5, 0.6) is 0 Å². The van der Waals surface area contributed by atoms with Crippen LogP contribution >= 0.6 is 0 Å². The Hall–Kier alpha value is -1.35. The van der Waals surface area contributed by atoms with Gasteiger partial charge in [0.1, 0.15) is 0 Å². The van der Waals surface area contributed by atoms with Crippen LogP contribution in [-0.2, 0) is 9.53 Å². The van der Waals surface area contributed by atoms with Crippen LogP contribution in [0.15, 0.2) is 30.3 Å². The smallest absolute Gasteiger partial charge is 0.306 e. The molecule has 0 saturated heterocycles. The highest BCUT2D eigenvalue weighted by atomic mass is 16.5. The monoisotopic (exact) mass is 221 g/mol. The van der Waals surface area contributed by atoms with Crippen LogP contribution in [-0.4, -0.2) is 18.6 Å². The molecule has 0 spiro atoms. The molecule has 1 aromatic carbocycles. The van der Waals surface area contributed by atoms with Crippen molar-refractivity contribution in [3.05, 3.63) is 35.9 Å². The van der Waals surface area contributed by atoms with E-state index in [2.05, 4.69) is 0 Å². The third kappa shape index (κ3) is 4.03. The molecule has 0 heterocycles. The second-order valence-electron chi connectivity index (χ2n) is 4.09. The van der Waals surface area contributed by atoms with Crippen LogP contribution in [0.4, 0.5) is 0 Å². The maximum absolute atomic E-state index is 11.5. The molecule has 0 radical (unpaired) electrons. The fourth-order valence-corrected chi connectivity index (χ4v) is 1.57. The lowest BCUT2D eigenvalue weighted by Crippen LogP contribution is -2.20. The molecule has 1 aromatic rings. The maximum atomic E-state index is 11.5. The van der Waals surface area contributed by atoms with Crippen LogP contribution in [0.2, 0.25) is 0 Å². The molecular formula is C13H19NO2. The number of hydrogen-bond acceptors (Lipinski definition) is 3. The van der Waals surface area contributed by atoms with Gasteiger partial charge in [-0.2, -0.15) is 0 Å². The molecular weight excluding hydrogens is 202 g/mol. The van der Waals surface area contributed by atoms with Gasteiger partial charge < -0.3 is 10.5 Å². The van der Waals surface area contributed by atoms with Crippen molar-refractivity contribution < 1.29 is 9.53 Å². The SMILES string of the molecule is CC(C)OC(=O)CC(CN)c1ccccc1. The van der Waals surface area contributed by atoms with E-state index >= 15 is 0 Å². The van der Waals surface area contributed by atoms with Crippen molar-refractivity contribution in [3.8, 4) is 0 Å². The molecule has 1 rings (SSSR count). The summed E-state index contributed by atoms with van der Waals surface area (Å²) < 4.78 is 5.11. The average Bonchev–Trinajstić information content (AvgIpc) is 2.26. The molecule has 3 heteroatoms. The number of benzene rings is 1. The van der Waals surface area contributed by atoms with Gasteiger partial charge in [0, 0.05) is 5.92 Å². The van der Waals surface area contributed by atoms with Gasteiger partial charge in [0.15, 0.2) is 0 Å². The highest BCUT2D eigenvalue weighted by Crippen LogP contribution is 2.18. The van der Waals surface area contributed by atoms with Crippen LogP contribution in [0, 0.1) is 0 Å². The quantitative estimate of drug-likeness (QED) is 0.774. The summed E-state index contributed by atoms with van der Waals surface area (Å²) in [5.74, 6) is -0.137. The Bertz CT molecular complexity index is 322. The first kappa shape index (κ1) is 12.7. The normalized spacial score (nSPS) is 12.5. The Balaban J connectivity index is 2.59. The first-order valence-electron chi connectivity index (χ1n) is 5.58. The summed E-state index contributed by atoms with van der Waals surface area (Å²) in [6.45, 7) is 4.15. The number of carbonyl (C=O) groups excluding carboxylic acids is 1. The van der Waals surface area contributed by atoms with E-state index in [4.69, 9.17) is 10.5 Å². The minimum atomic E-state index is -0.186. The topological polar surface area (TPSA) is 52.3 Å². The van der Waals surface area contributed by atoms with Crippen molar-refractivity contribution in [2.75, 3.05) is 6.54 Å². The van der Waals surface area contributed by atoms with Crippen molar-refractivity contribution in [3.63, 3.8) is 0 Å². The predicted octanol–water partition coefficient (Wildman–Crippen LogP) is 2.07. The summed E-state index contributed by atoms with van der Waals surface area (Å²) in [5, 5.41) is 0. The van der Waals surface area contributed by atoms with Crippen molar-refractivity contribution in [2.45, 2.75) is 32.3 Å². The second-order valence-corrected chi connectivity index (χ2v) is 4.09. The second kappa shape index (κ2) is 6.28. The van der Waals surface area contributed by atoms with E-state index in [0.29, 0.717) is 13.0 Å². The van der Waals surface area contributed by atoms with Gasteiger partial charge in [-0.05, 0) is 26.0 Å². The van der Waals surface area contributed by atoms with Crippen LogP contribution < -0.4 is 5.73 Å². The predicted molar refractivity (Wildman–Crippen MR) is 64.1 cm³/mol. The van der Waals surface area contributed by atoms with E-state index in [9.17, 15) is 4.79 Å². The molecule has 1 unspecified atom stereocenters. The first-order valence-corrected chi connectivity index (χ1v) is 5.58. The van der Waals surface area contributed by atoms with E-state index in [0.717, 1.165) is 5.56 Å². The lowest BCUT2D eigenvalue weighted by Gasteiger charge is -2.15. The van der Waals surface area contributed by atoms with E-state index in [1.807, 2.05) is 44.2 Å². The van der Waals surface area contributed by atoms with Gasteiger partial charge in [0.2, 0.25) is 0 Å². The Labute approximate surface area is 96.6 Å². The largest absolute Gasteiger partial charge is 0.463 e. The first-order chi connectivity index (χ1) is 7.63. The highest BCUT2D eigenvalue weighted by molar-refractivity contribution is 5.70. The molecule has 0 aromatic heterocycles. The van der Waals surface area contributed by atoms with E-state index in [1.54, 1.807) is 0 Å². The highest BCUT2D eigenvalue weighted by Gasteiger charge is 2.15. The van der Waals surface area contributed by atoms with Crippen LogP contribution in [0.25, 0.3) is 0 Å². The van der Waals surface area contributed by atoms with Crippen molar-refractivity contribution in [1.82, 2.24) is 0 Å². The Morgan fingerprint density at radius 3 is 2.44 bits per heavy atom. The third-order valence-electron chi connectivity index (χ3n) is 2.34. The zero-order valence-corrected chi connectivity index (χ0v) is 9.85. The molecule has 0 saturated carbocycles. The Morgan fingerprint density at radius 1 is 1.31 bits per heavy atom. The number of ether oxygens (including phenoxy) is 1.